The third-order valence-corrected chi connectivity index (χ3v) is 4.07. The molecule has 0 saturated carbocycles. The molecule has 0 fully saturated rings. The van der Waals surface area contributed by atoms with Gasteiger partial charge in [-0.05, 0) is 36.6 Å². The van der Waals surface area contributed by atoms with Gasteiger partial charge < -0.3 is 20.1 Å². The number of rotatable bonds is 7. The average molecular weight is 348 g/mol. The van der Waals surface area contributed by atoms with E-state index < -0.39 is 0 Å². The number of anilines is 3. The number of hydrogen-bond donors (Lipinski definition) is 2. The first-order valence-electron chi connectivity index (χ1n) is 8.64. The van der Waals surface area contributed by atoms with Crippen LogP contribution in [0, 0.1) is 0 Å². The largest absolute Gasteiger partial charge is 0.454 e. The van der Waals surface area contributed by atoms with Crippen molar-refractivity contribution in [3.8, 4) is 11.5 Å². The van der Waals surface area contributed by atoms with E-state index in [0.29, 0.717) is 5.95 Å². The number of aryl methyl sites for hydroxylation is 1. The maximum atomic E-state index is 5.40. The van der Waals surface area contributed by atoms with Gasteiger partial charge in [0.05, 0.1) is 0 Å². The Morgan fingerprint density at radius 3 is 2.77 bits per heavy atom. The lowest BCUT2D eigenvalue weighted by Crippen LogP contribution is -2.07. The Hall–Kier alpha value is -3.28. The van der Waals surface area contributed by atoms with E-state index >= 15 is 0 Å². The molecule has 0 aliphatic carbocycles. The van der Waals surface area contributed by atoms with Crippen molar-refractivity contribution in [3.05, 3.63) is 66.4 Å². The molecule has 0 amide bonds. The maximum Gasteiger partial charge on any atom is 0.231 e. The Labute approximate surface area is 152 Å². The zero-order valence-corrected chi connectivity index (χ0v) is 14.3. The molecule has 2 heterocycles. The topological polar surface area (TPSA) is 68.3 Å². The highest BCUT2D eigenvalue weighted by Gasteiger charge is 2.13. The van der Waals surface area contributed by atoms with Crippen LogP contribution >= 0.6 is 0 Å². The van der Waals surface area contributed by atoms with Gasteiger partial charge in [-0.3, -0.25) is 0 Å². The van der Waals surface area contributed by atoms with Crippen LogP contribution in [0.25, 0.3) is 0 Å². The number of hydrogen-bond acceptors (Lipinski definition) is 6. The van der Waals surface area contributed by atoms with Crippen LogP contribution in [0.5, 0.6) is 11.5 Å². The van der Waals surface area contributed by atoms with Gasteiger partial charge in [0, 0.05) is 24.5 Å². The molecular formula is C20H20N4O2. The normalized spacial score (nSPS) is 12.0. The van der Waals surface area contributed by atoms with Crippen molar-refractivity contribution < 1.29 is 9.47 Å². The zero-order valence-electron chi connectivity index (χ0n) is 14.3. The first-order chi connectivity index (χ1) is 12.9. The molecule has 1 aliphatic rings. The Balaban J connectivity index is 1.31. The molecule has 4 rings (SSSR count). The lowest BCUT2D eigenvalue weighted by molar-refractivity contribution is 0.174. The molecule has 1 aromatic heterocycles. The van der Waals surface area contributed by atoms with Crippen molar-refractivity contribution in [1.29, 1.82) is 0 Å². The SMILES string of the molecule is c1ccc(CCCNc2nccc(Nc3ccc4c(c3)OCO4)n2)cc1. The summed E-state index contributed by atoms with van der Waals surface area (Å²) in [6, 6.07) is 18.0. The molecule has 1 aliphatic heterocycles. The second-order valence-corrected chi connectivity index (χ2v) is 5.97. The van der Waals surface area contributed by atoms with Crippen molar-refractivity contribution in [2.24, 2.45) is 0 Å². The Bertz CT molecular complexity index is 871. The van der Waals surface area contributed by atoms with E-state index in [1.165, 1.54) is 5.56 Å². The van der Waals surface area contributed by atoms with Crippen molar-refractivity contribution in [3.63, 3.8) is 0 Å². The van der Waals surface area contributed by atoms with E-state index in [1.807, 2.05) is 30.3 Å². The number of aromatic nitrogens is 2. The van der Waals surface area contributed by atoms with Gasteiger partial charge in [0.2, 0.25) is 12.7 Å². The number of fused-ring (bicyclic) bond motifs is 1. The number of ether oxygens (including phenoxy) is 2. The smallest absolute Gasteiger partial charge is 0.231 e. The molecule has 6 heteroatoms. The summed E-state index contributed by atoms with van der Waals surface area (Å²) in [4.78, 5) is 8.78. The van der Waals surface area contributed by atoms with Gasteiger partial charge >= 0.3 is 0 Å². The van der Waals surface area contributed by atoms with Crippen molar-refractivity contribution in [2.75, 3.05) is 24.0 Å². The molecule has 6 nitrogen and oxygen atoms in total. The van der Waals surface area contributed by atoms with Gasteiger partial charge in [0.25, 0.3) is 0 Å². The minimum Gasteiger partial charge on any atom is -0.454 e. The second kappa shape index (κ2) is 7.74. The minimum absolute atomic E-state index is 0.267. The molecule has 0 bridgehead atoms. The van der Waals surface area contributed by atoms with Gasteiger partial charge in [-0.2, -0.15) is 4.98 Å². The Morgan fingerprint density at radius 1 is 0.962 bits per heavy atom. The predicted molar refractivity (Wildman–Crippen MR) is 101 cm³/mol. The fourth-order valence-electron chi connectivity index (χ4n) is 2.77. The average Bonchev–Trinajstić information content (AvgIpc) is 3.14. The molecule has 0 saturated heterocycles. The summed E-state index contributed by atoms with van der Waals surface area (Å²) in [6.45, 7) is 1.09. The van der Waals surface area contributed by atoms with Crippen LogP contribution in [-0.2, 0) is 6.42 Å². The lowest BCUT2D eigenvalue weighted by Gasteiger charge is -2.09. The standard InChI is InChI=1S/C20H20N4O2/c1-2-5-15(6-3-1)7-4-11-21-20-22-12-10-19(24-20)23-16-8-9-17-18(13-16)26-14-25-17/h1-3,5-6,8-10,12-13H,4,7,11,14H2,(H2,21,22,23,24). The van der Waals surface area contributed by atoms with Crippen LogP contribution in [0.1, 0.15) is 12.0 Å². The highest BCUT2D eigenvalue weighted by atomic mass is 16.7. The molecule has 3 aromatic rings. The van der Waals surface area contributed by atoms with Crippen LogP contribution in [0.2, 0.25) is 0 Å². The summed E-state index contributed by atoms with van der Waals surface area (Å²) < 4.78 is 10.7. The summed E-state index contributed by atoms with van der Waals surface area (Å²) in [6.07, 6.45) is 3.79. The maximum absolute atomic E-state index is 5.40. The van der Waals surface area contributed by atoms with E-state index in [0.717, 1.165) is 42.4 Å². The lowest BCUT2D eigenvalue weighted by atomic mass is 10.1. The third-order valence-electron chi connectivity index (χ3n) is 4.07. The van der Waals surface area contributed by atoms with Crippen LogP contribution < -0.4 is 20.1 Å². The predicted octanol–water partition coefficient (Wildman–Crippen LogP) is 3.99. The van der Waals surface area contributed by atoms with E-state index in [9.17, 15) is 0 Å². The second-order valence-electron chi connectivity index (χ2n) is 5.97. The summed E-state index contributed by atoms with van der Waals surface area (Å²) in [7, 11) is 0. The molecule has 0 spiro atoms. The molecule has 2 aromatic carbocycles. The molecular weight excluding hydrogens is 328 g/mol. The highest BCUT2D eigenvalue weighted by Crippen LogP contribution is 2.34. The molecule has 0 unspecified atom stereocenters. The van der Waals surface area contributed by atoms with E-state index in [-0.39, 0.29) is 6.79 Å². The summed E-state index contributed by atoms with van der Waals surface area (Å²) >= 11 is 0. The summed E-state index contributed by atoms with van der Waals surface area (Å²) in [5.74, 6) is 2.84. The fraction of sp³-hybridized carbons (Fsp3) is 0.200. The monoisotopic (exact) mass is 348 g/mol. The van der Waals surface area contributed by atoms with Crippen LogP contribution in [0.15, 0.2) is 60.8 Å². The van der Waals surface area contributed by atoms with E-state index in [2.05, 4.69) is 44.9 Å². The quantitative estimate of drug-likeness (QED) is 0.629. The van der Waals surface area contributed by atoms with Crippen molar-refractivity contribution >= 4 is 17.5 Å². The van der Waals surface area contributed by atoms with Gasteiger partial charge in [-0.1, -0.05) is 30.3 Å². The van der Waals surface area contributed by atoms with Gasteiger partial charge in [0.15, 0.2) is 11.5 Å². The van der Waals surface area contributed by atoms with Crippen molar-refractivity contribution in [1.82, 2.24) is 9.97 Å². The molecule has 132 valence electrons. The van der Waals surface area contributed by atoms with E-state index in [4.69, 9.17) is 9.47 Å². The van der Waals surface area contributed by atoms with Gasteiger partial charge in [-0.25, -0.2) is 4.98 Å². The van der Waals surface area contributed by atoms with Gasteiger partial charge in [-0.15, -0.1) is 0 Å². The first kappa shape index (κ1) is 16.2. The van der Waals surface area contributed by atoms with E-state index in [1.54, 1.807) is 6.20 Å². The number of nitrogens with zero attached hydrogens (tertiary/aromatic N) is 2. The molecule has 0 radical (unpaired) electrons. The number of nitrogens with one attached hydrogen (secondary N) is 2. The van der Waals surface area contributed by atoms with Crippen LogP contribution in [0.4, 0.5) is 17.5 Å². The van der Waals surface area contributed by atoms with Gasteiger partial charge in [0.1, 0.15) is 5.82 Å². The Kier molecular flexibility index (Phi) is 4.82. The molecule has 0 atom stereocenters. The fourth-order valence-corrected chi connectivity index (χ4v) is 2.77. The zero-order chi connectivity index (χ0) is 17.6. The molecule has 26 heavy (non-hydrogen) atoms. The number of benzene rings is 2. The van der Waals surface area contributed by atoms with Crippen LogP contribution in [-0.4, -0.2) is 23.3 Å². The Morgan fingerprint density at radius 2 is 1.85 bits per heavy atom. The molecule has 2 N–H and O–H groups in total. The van der Waals surface area contributed by atoms with Crippen LogP contribution in [0.3, 0.4) is 0 Å². The summed E-state index contributed by atoms with van der Waals surface area (Å²) in [5, 5.41) is 6.54. The first-order valence-corrected chi connectivity index (χ1v) is 8.64. The minimum atomic E-state index is 0.267. The summed E-state index contributed by atoms with van der Waals surface area (Å²) in [5.41, 5.74) is 2.23. The highest BCUT2D eigenvalue weighted by molar-refractivity contribution is 5.62. The van der Waals surface area contributed by atoms with Crippen molar-refractivity contribution in [2.45, 2.75) is 12.8 Å². The third kappa shape index (κ3) is 4.03.